The number of nitrogens with one attached hydrogen (secondary N) is 1. The van der Waals surface area contributed by atoms with E-state index in [1.807, 2.05) is 18.2 Å². The van der Waals surface area contributed by atoms with Crippen LogP contribution < -0.4 is 5.32 Å². The quantitative estimate of drug-likeness (QED) is 0.522. The van der Waals surface area contributed by atoms with E-state index in [2.05, 4.69) is 23.5 Å². The molecular formula is C21H17ClN2O2. The molecule has 0 aliphatic carbocycles. The molecule has 1 aromatic heterocycles. The van der Waals surface area contributed by atoms with Gasteiger partial charge in [0, 0.05) is 28.0 Å². The molecule has 0 radical (unpaired) electrons. The molecule has 2 aromatic carbocycles. The van der Waals surface area contributed by atoms with Gasteiger partial charge < -0.3 is 5.32 Å². The van der Waals surface area contributed by atoms with Crippen molar-refractivity contribution in [3.05, 3.63) is 108 Å². The molecule has 0 saturated heterocycles. The minimum Gasteiger partial charge on any atom is -0.322 e. The molecule has 0 aliphatic rings. The Morgan fingerprint density at radius 1 is 0.885 bits per heavy atom. The Morgan fingerprint density at radius 3 is 2.19 bits per heavy atom. The maximum absolute atomic E-state index is 12.5. The van der Waals surface area contributed by atoms with E-state index < -0.39 is 0 Å². The number of hydrogen-bond acceptors (Lipinski definition) is 3. The molecule has 26 heavy (non-hydrogen) atoms. The second-order valence-corrected chi connectivity index (χ2v) is 5.52. The number of para-hydroxylation sites is 1. The fraction of sp³-hybridized carbons (Fsp3) is 0. The van der Waals surface area contributed by atoms with Gasteiger partial charge in [0.2, 0.25) is 5.78 Å². The number of amides is 1. The fourth-order valence-corrected chi connectivity index (χ4v) is 2.30. The number of aromatic nitrogens is 1. The second kappa shape index (κ2) is 9.30. The molecule has 3 rings (SSSR count). The number of carbonyl (C=O) groups excluding carboxylic acids is 2. The average Bonchev–Trinajstić information content (AvgIpc) is 2.70. The maximum atomic E-state index is 12.5. The van der Waals surface area contributed by atoms with Crippen LogP contribution in [0.3, 0.4) is 0 Å². The van der Waals surface area contributed by atoms with Crippen molar-refractivity contribution >= 4 is 29.0 Å². The van der Waals surface area contributed by atoms with Crippen LogP contribution in [0.5, 0.6) is 0 Å². The van der Waals surface area contributed by atoms with E-state index in [1.165, 1.54) is 12.3 Å². The second-order valence-electron chi connectivity index (χ2n) is 5.09. The van der Waals surface area contributed by atoms with E-state index in [9.17, 15) is 9.59 Å². The Morgan fingerprint density at radius 2 is 1.54 bits per heavy atom. The molecule has 1 amide bonds. The summed E-state index contributed by atoms with van der Waals surface area (Å²) in [4.78, 5) is 28.8. The Bertz CT molecular complexity index is 893. The first kappa shape index (κ1) is 19.1. The summed E-state index contributed by atoms with van der Waals surface area (Å²) in [6.45, 7) is 6.00. The molecule has 0 unspecified atom stereocenters. The van der Waals surface area contributed by atoms with Gasteiger partial charge in [-0.05, 0) is 48.5 Å². The van der Waals surface area contributed by atoms with Gasteiger partial charge in [0.25, 0.3) is 5.91 Å². The molecule has 0 spiro atoms. The van der Waals surface area contributed by atoms with Gasteiger partial charge in [0.05, 0.1) is 0 Å². The van der Waals surface area contributed by atoms with Crippen molar-refractivity contribution in [1.29, 1.82) is 0 Å². The van der Waals surface area contributed by atoms with Crippen LogP contribution in [-0.4, -0.2) is 16.7 Å². The first-order chi connectivity index (χ1) is 12.6. The Balaban J connectivity index is 0.00000117. The number of benzene rings is 2. The predicted molar refractivity (Wildman–Crippen MR) is 105 cm³/mol. The normalized spacial score (nSPS) is 9.58. The predicted octanol–water partition coefficient (Wildman–Crippen LogP) is 5.02. The topological polar surface area (TPSA) is 59.1 Å². The van der Waals surface area contributed by atoms with Gasteiger partial charge >= 0.3 is 0 Å². The van der Waals surface area contributed by atoms with Crippen LogP contribution in [0.1, 0.15) is 26.4 Å². The highest BCUT2D eigenvalue weighted by Crippen LogP contribution is 2.14. The van der Waals surface area contributed by atoms with Gasteiger partial charge in [-0.15, -0.1) is 13.2 Å². The highest BCUT2D eigenvalue weighted by molar-refractivity contribution is 6.30. The number of pyridine rings is 1. The highest BCUT2D eigenvalue weighted by Gasteiger charge is 2.14. The molecule has 5 heteroatoms. The van der Waals surface area contributed by atoms with Crippen molar-refractivity contribution in [2.45, 2.75) is 0 Å². The fourth-order valence-electron chi connectivity index (χ4n) is 2.17. The zero-order valence-electron chi connectivity index (χ0n) is 14.0. The molecule has 1 heterocycles. The van der Waals surface area contributed by atoms with E-state index in [4.69, 9.17) is 11.6 Å². The van der Waals surface area contributed by atoms with Gasteiger partial charge in [-0.2, -0.15) is 0 Å². The molecule has 0 aliphatic heterocycles. The monoisotopic (exact) mass is 364 g/mol. The molecule has 0 atom stereocenters. The van der Waals surface area contributed by atoms with Crippen molar-refractivity contribution in [1.82, 2.24) is 4.98 Å². The Hall–Kier alpha value is -3.24. The van der Waals surface area contributed by atoms with Gasteiger partial charge in [0.15, 0.2) is 0 Å². The summed E-state index contributed by atoms with van der Waals surface area (Å²) >= 11 is 5.83. The summed E-state index contributed by atoms with van der Waals surface area (Å²) < 4.78 is 0. The van der Waals surface area contributed by atoms with Crippen LogP contribution in [0, 0.1) is 0 Å². The summed E-state index contributed by atoms with van der Waals surface area (Å²) in [6, 6.07) is 18.7. The third-order valence-electron chi connectivity index (χ3n) is 3.39. The lowest BCUT2D eigenvalue weighted by molar-refractivity contribution is 0.102. The molecule has 1 N–H and O–H groups in total. The zero-order valence-corrected chi connectivity index (χ0v) is 14.7. The minimum atomic E-state index is -0.297. The first-order valence-corrected chi connectivity index (χ1v) is 8.14. The van der Waals surface area contributed by atoms with Crippen LogP contribution in [0.25, 0.3) is 0 Å². The van der Waals surface area contributed by atoms with E-state index in [-0.39, 0.29) is 17.4 Å². The number of halogens is 1. The standard InChI is InChI=1S/C19H13ClN2O2.C2H4/c20-15-8-6-13(7-9-15)18(23)17-12-14(10-11-21-17)19(24)22-16-4-2-1-3-5-16;1-2/h1-12H,(H,22,24);1-2H2. The van der Waals surface area contributed by atoms with Gasteiger partial charge in [-0.1, -0.05) is 29.8 Å². The van der Waals surface area contributed by atoms with Gasteiger partial charge in [0.1, 0.15) is 5.69 Å². The Labute approximate surface area is 157 Å². The first-order valence-electron chi connectivity index (χ1n) is 7.76. The van der Waals surface area contributed by atoms with Crippen molar-refractivity contribution in [2.24, 2.45) is 0 Å². The van der Waals surface area contributed by atoms with Gasteiger partial charge in [-0.25, -0.2) is 0 Å². The third kappa shape index (κ3) is 4.88. The molecule has 3 aromatic rings. The Kier molecular flexibility index (Phi) is 6.83. The average molecular weight is 365 g/mol. The van der Waals surface area contributed by atoms with Crippen molar-refractivity contribution in [2.75, 3.05) is 5.32 Å². The van der Waals surface area contributed by atoms with E-state index in [0.717, 1.165) is 0 Å². The lowest BCUT2D eigenvalue weighted by Gasteiger charge is -2.06. The summed E-state index contributed by atoms with van der Waals surface area (Å²) in [5.74, 6) is -0.560. The number of ketones is 1. The zero-order chi connectivity index (χ0) is 18.9. The summed E-state index contributed by atoms with van der Waals surface area (Å²) in [5.41, 5.74) is 1.72. The van der Waals surface area contributed by atoms with Crippen LogP contribution in [0.4, 0.5) is 5.69 Å². The van der Waals surface area contributed by atoms with E-state index in [1.54, 1.807) is 42.5 Å². The van der Waals surface area contributed by atoms with Crippen LogP contribution >= 0.6 is 11.6 Å². The van der Waals surface area contributed by atoms with E-state index >= 15 is 0 Å². The van der Waals surface area contributed by atoms with Crippen molar-refractivity contribution in [3.63, 3.8) is 0 Å². The maximum Gasteiger partial charge on any atom is 0.255 e. The number of hydrogen-bond donors (Lipinski definition) is 1. The molecular weight excluding hydrogens is 348 g/mol. The number of nitrogens with zero attached hydrogens (tertiary/aromatic N) is 1. The molecule has 0 fully saturated rings. The summed E-state index contributed by atoms with van der Waals surface area (Å²) in [6.07, 6.45) is 1.45. The van der Waals surface area contributed by atoms with Gasteiger partial charge in [-0.3, -0.25) is 14.6 Å². The van der Waals surface area contributed by atoms with Crippen LogP contribution in [0.2, 0.25) is 5.02 Å². The summed E-state index contributed by atoms with van der Waals surface area (Å²) in [7, 11) is 0. The lowest BCUT2D eigenvalue weighted by atomic mass is 10.1. The SMILES string of the molecule is C=C.O=C(Nc1ccccc1)c1ccnc(C(=O)c2ccc(Cl)cc2)c1. The molecule has 4 nitrogen and oxygen atoms in total. The smallest absolute Gasteiger partial charge is 0.255 e. The molecule has 130 valence electrons. The number of carbonyl (C=O) groups is 2. The van der Waals surface area contributed by atoms with E-state index in [0.29, 0.717) is 21.8 Å². The van der Waals surface area contributed by atoms with Crippen molar-refractivity contribution < 1.29 is 9.59 Å². The molecule has 0 bridgehead atoms. The third-order valence-corrected chi connectivity index (χ3v) is 3.64. The van der Waals surface area contributed by atoms with Crippen molar-refractivity contribution in [3.8, 4) is 0 Å². The van der Waals surface area contributed by atoms with Crippen LogP contribution in [-0.2, 0) is 0 Å². The highest BCUT2D eigenvalue weighted by atomic mass is 35.5. The molecule has 0 saturated carbocycles. The largest absolute Gasteiger partial charge is 0.322 e. The number of anilines is 1. The lowest BCUT2D eigenvalue weighted by Crippen LogP contribution is -2.13. The van der Waals surface area contributed by atoms with Crippen LogP contribution in [0.15, 0.2) is 86.1 Å². The minimum absolute atomic E-state index is 0.207. The number of rotatable bonds is 4. The summed E-state index contributed by atoms with van der Waals surface area (Å²) in [5, 5.41) is 3.33.